The molecule has 0 saturated heterocycles. The first-order chi connectivity index (χ1) is 10.1. The second-order valence-electron chi connectivity index (χ2n) is 4.62. The zero-order chi connectivity index (χ0) is 15.2. The van der Waals surface area contributed by atoms with Gasteiger partial charge in [0.05, 0.1) is 18.7 Å². The van der Waals surface area contributed by atoms with Crippen LogP contribution in [-0.4, -0.2) is 17.4 Å². The fourth-order valence-electron chi connectivity index (χ4n) is 1.84. The van der Waals surface area contributed by atoms with Crippen molar-refractivity contribution in [2.45, 2.75) is 20.4 Å². The molecule has 0 fully saturated rings. The largest absolute Gasteiger partial charge is 0.345 e. The molecule has 1 amide bonds. The third kappa shape index (κ3) is 4.15. The molecule has 4 nitrogen and oxygen atoms in total. The molecule has 2 rings (SSSR count). The molecule has 0 spiro atoms. The third-order valence-electron chi connectivity index (χ3n) is 2.81. The Labute approximate surface area is 128 Å². The lowest BCUT2D eigenvalue weighted by Gasteiger charge is -2.07. The molecule has 0 bridgehead atoms. The highest BCUT2D eigenvalue weighted by molar-refractivity contribution is 7.09. The van der Waals surface area contributed by atoms with E-state index in [1.807, 2.05) is 37.4 Å². The Morgan fingerprint density at radius 2 is 2.24 bits per heavy atom. The van der Waals surface area contributed by atoms with Crippen molar-refractivity contribution < 1.29 is 4.79 Å². The molecule has 108 valence electrons. The van der Waals surface area contributed by atoms with Gasteiger partial charge in [0.1, 0.15) is 5.01 Å². The minimum atomic E-state index is -0.145. The summed E-state index contributed by atoms with van der Waals surface area (Å²) in [6.07, 6.45) is 0. The van der Waals surface area contributed by atoms with Gasteiger partial charge in [0.15, 0.2) is 0 Å². The first-order valence-corrected chi connectivity index (χ1v) is 7.47. The van der Waals surface area contributed by atoms with Gasteiger partial charge in [-0.3, -0.25) is 4.79 Å². The summed E-state index contributed by atoms with van der Waals surface area (Å²) in [4.78, 5) is 16.7. The molecular formula is C16H17N3OS. The number of nitrogens with one attached hydrogen (secondary N) is 1. The second kappa shape index (κ2) is 7.02. The van der Waals surface area contributed by atoms with E-state index in [1.54, 1.807) is 0 Å². The molecule has 0 aliphatic heterocycles. The van der Waals surface area contributed by atoms with Gasteiger partial charge in [-0.05, 0) is 26.0 Å². The summed E-state index contributed by atoms with van der Waals surface area (Å²) in [6.45, 7) is 4.58. The minimum absolute atomic E-state index is 0.145. The number of nitrogens with two attached hydrogens (primary N) is 1. The maximum atomic E-state index is 12.3. The van der Waals surface area contributed by atoms with E-state index in [2.05, 4.69) is 22.1 Å². The molecule has 0 atom stereocenters. The van der Waals surface area contributed by atoms with E-state index in [4.69, 9.17) is 5.73 Å². The maximum absolute atomic E-state index is 12.3. The number of rotatable bonds is 3. The monoisotopic (exact) mass is 299 g/mol. The van der Waals surface area contributed by atoms with E-state index in [0.29, 0.717) is 17.7 Å². The number of thiazole rings is 1. The van der Waals surface area contributed by atoms with E-state index in [-0.39, 0.29) is 12.5 Å². The molecular weight excluding hydrogens is 282 g/mol. The van der Waals surface area contributed by atoms with E-state index < -0.39 is 0 Å². The average Bonchev–Trinajstić information content (AvgIpc) is 2.89. The van der Waals surface area contributed by atoms with Crippen LogP contribution in [0.5, 0.6) is 0 Å². The van der Waals surface area contributed by atoms with Gasteiger partial charge in [-0.2, -0.15) is 0 Å². The fraction of sp³-hybridized carbons (Fsp3) is 0.250. The van der Waals surface area contributed by atoms with Gasteiger partial charge in [0.2, 0.25) is 0 Å². The van der Waals surface area contributed by atoms with E-state index in [1.165, 1.54) is 11.3 Å². The number of aryl methyl sites for hydroxylation is 2. The normalized spacial score (nSPS) is 9.86. The molecule has 0 saturated carbocycles. The lowest BCUT2D eigenvalue weighted by Crippen LogP contribution is -2.23. The van der Waals surface area contributed by atoms with Crippen molar-refractivity contribution in [1.29, 1.82) is 0 Å². The van der Waals surface area contributed by atoms with Crippen LogP contribution in [0.2, 0.25) is 0 Å². The van der Waals surface area contributed by atoms with Crippen molar-refractivity contribution in [3.63, 3.8) is 0 Å². The molecule has 21 heavy (non-hydrogen) atoms. The van der Waals surface area contributed by atoms with Crippen LogP contribution >= 0.6 is 11.3 Å². The molecule has 1 aromatic carbocycles. The van der Waals surface area contributed by atoms with Gasteiger partial charge in [-0.25, -0.2) is 4.98 Å². The Bertz CT molecular complexity index is 710. The number of hydrogen-bond donors (Lipinski definition) is 2. The number of amides is 1. The summed E-state index contributed by atoms with van der Waals surface area (Å²) < 4.78 is 0. The van der Waals surface area contributed by atoms with Crippen LogP contribution in [0.4, 0.5) is 0 Å². The first-order valence-electron chi connectivity index (χ1n) is 6.59. The number of carbonyl (C=O) groups is 1. The first kappa shape index (κ1) is 15.2. The Morgan fingerprint density at radius 3 is 2.90 bits per heavy atom. The van der Waals surface area contributed by atoms with Crippen LogP contribution in [0.25, 0.3) is 0 Å². The average molecular weight is 299 g/mol. The number of carbonyl (C=O) groups excluding carboxylic acids is 1. The summed E-state index contributed by atoms with van der Waals surface area (Å²) in [6, 6.07) is 5.62. The fourth-order valence-corrected chi connectivity index (χ4v) is 2.55. The zero-order valence-corrected chi connectivity index (χ0v) is 12.9. The number of nitrogens with zero attached hydrogens (tertiary/aromatic N) is 1. The highest BCUT2D eigenvalue weighted by atomic mass is 32.1. The van der Waals surface area contributed by atoms with Crippen molar-refractivity contribution in [2.24, 2.45) is 5.73 Å². The van der Waals surface area contributed by atoms with Crippen molar-refractivity contribution in [3.05, 3.63) is 51.0 Å². The van der Waals surface area contributed by atoms with Crippen LogP contribution in [-0.2, 0) is 6.54 Å². The van der Waals surface area contributed by atoms with E-state index in [9.17, 15) is 4.79 Å². The molecule has 3 N–H and O–H groups in total. The third-order valence-corrected chi connectivity index (χ3v) is 3.78. The number of aromatic nitrogens is 1. The van der Waals surface area contributed by atoms with Crippen molar-refractivity contribution in [3.8, 4) is 11.8 Å². The standard InChI is InChI=1S/C16H17N3OS/c1-11-5-6-13(4-3-7-17)14(8-11)16(20)18-9-15-19-12(2)10-21-15/h5-6,8,10H,7,9,17H2,1-2H3,(H,18,20). The molecule has 0 aliphatic rings. The van der Waals surface area contributed by atoms with E-state index >= 15 is 0 Å². The van der Waals surface area contributed by atoms with Crippen LogP contribution in [0, 0.1) is 25.7 Å². The predicted molar refractivity (Wildman–Crippen MR) is 85.1 cm³/mol. The van der Waals surface area contributed by atoms with E-state index in [0.717, 1.165) is 16.3 Å². The van der Waals surface area contributed by atoms with Crippen molar-refractivity contribution in [2.75, 3.05) is 6.54 Å². The molecule has 5 heteroatoms. The highest BCUT2D eigenvalue weighted by Gasteiger charge is 2.11. The van der Waals surface area contributed by atoms with Gasteiger partial charge in [0.25, 0.3) is 5.91 Å². The van der Waals surface area contributed by atoms with Gasteiger partial charge >= 0.3 is 0 Å². The van der Waals surface area contributed by atoms with Gasteiger partial charge in [0, 0.05) is 16.6 Å². The molecule has 0 unspecified atom stereocenters. The minimum Gasteiger partial charge on any atom is -0.345 e. The van der Waals surface area contributed by atoms with Crippen molar-refractivity contribution >= 4 is 17.2 Å². The highest BCUT2D eigenvalue weighted by Crippen LogP contribution is 2.12. The van der Waals surface area contributed by atoms with Crippen LogP contribution in [0.1, 0.15) is 32.2 Å². The Balaban J connectivity index is 2.15. The second-order valence-corrected chi connectivity index (χ2v) is 5.56. The van der Waals surface area contributed by atoms with Crippen molar-refractivity contribution in [1.82, 2.24) is 10.3 Å². The summed E-state index contributed by atoms with van der Waals surface area (Å²) in [7, 11) is 0. The molecule has 1 heterocycles. The van der Waals surface area contributed by atoms with Crippen LogP contribution < -0.4 is 11.1 Å². The molecule has 0 radical (unpaired) electrons. The predicted octanol–water partition coefficient (Wildman–Crippen LogP) is 2.00. The Kier molecular flexibility index (Phi) is 5.09. The Morgan fingerprint density at radius 1 is 1.43 bits per heavy atom. The van der Waals surface area contributed by atoms with Gasteiger partial charge < -0.3 is 11.1 Å². The SMILES string of the molecule is Cc1ccc(C#CCN)c(C(=O)NCc2nc(C)cs2)c1. The number of hydrogen-bond acceptors (Lipinski definition) is 4. The van der Waals surface area contributed by atoms with Crippen LogP contribution in [0.3, 0.4) is 0 Å². The summed E-state index contributed by atoms with van der Waals surface area (Å²) >= 11 is 1.54. The topological polar surface area (TPSA) is 68.0 Å². The lowest BCUT2D eigenvalue weighted by molar-refractivity contribution is 0.0950. The lowest BCUT2D eigenvalue weighted by atomic mass is 10.0. The van der Waals surface area contributed by atoms with Gasteiger partial charge in [-0.1, -0.05) is 23.5 Å². The van der Waals surface area contributed by atoms with Crippen LogP contribution in [0.15, 0.2) is 23.6 Å². The summed E-state index contributed by atoms with van der Waals surface area (Å²) in [5.41, 5.74) is 8.64. The molecule has 1 aromatic heterocycles. The zero-order valence-electron chi connectivity index (χ0n) is 12.1. The summed E-state index contributed by atoms with van der Waals surface area (Å²) in [5, 5.41) is 5.74. The quantitative estimate of drug-likeness (QED) is 0.852. The molecule has 2 aromatic rings. The maximum Gasteiger partial charge on any atom is 0.252 e. The number of benzene rings is 1. The van der Waals surface area contributed by atoms with Gasteiger partial charge in [-0.15, -0.1) is 11.3 Å². The molecule has 0 aliphatic carbocycles. The summed E-state index contributed by atoms with van der Waals surface area (Å²) in [5.74, 6) is 5.57. The smallest absolute Gasteiger partial charge is 0.252 e. The Hall–Kier alpha value is -2.16.